The minimum atomic E-state index is -4.08. The van der Waals surface area contributed by atoms with Crippen molar-refractivity contribution in [1.82, 2.24) is 14.5 Å². The van der Waals surface area contributed by atoms with E-state index in [0.29, 0.717) is 6.42 Å². The predicted octanol–water partition coefficient (Wildman–Crippen LogP) is 2.30. The third-order valence-corrected chi connectivity index (χ3v) is 7.19. The molecule has 0 bridgehead atoms. The first-order valence-corrected chi connectivity index (χ1v) is 11.9. The first kappa shape index (κ1) is 26.3. The SMILES string of the molecule is CC[C@H](C(=O)NC)N(Cc1ccccc1C)C(=O)CN(c1ccc(F)cc1)S(=O)(=O)N(C)C. The topological polar surface area (TPSA) is 90.0 Å². The van der Waals surface area contributed by atoms with Crippen molar-refractivity contribution in [2.75, 3.05) is 32.0 Å². The van der Waals surface area contributed by atoms with Gasteiger partial charge in [0.1, 0.15) is 18.4 Å². The lowest BCUT2D eigenvalue weighted by molar-refractivity contribution is -0.140. The number of likely N-dealkylation sites (N-methyl/N-ethyl adjacent to an activating group) is 1. The van der Waals surface area contributed by atoms with Crippen LogP contribution in [-0.4, -0.2) is 63.2 Å². The number of halogens is 1. The van der Waals surface area contributed by atoms with Crippen molar-refractivity contribution >= 4 is 27.7 Å². The Morgan fingerprint density at radius 1 is 1.06 bits per heavy atom. The van der Waals surface area contributed by atoms with Gasteiger partial charge in [0.05, 0.1) is 5.69 Å². The third kappa shape index (κ3) is 6.29. The summed E-state index contributed by atoms with van der Waals surface area (Å²) in [7, 11) is 0.108. The van der Waals surface area contributed by atoms with Gasteiger partial charge in [-0.05, 0) is 48.7 Å². The van der Waals surface area contributed by atoms with E-state index >= 15 is 0 Å². The summed E-state index contributed by atoms with van der Waals surface area (Å²) in [6.07, 6.45) is 0.342. The Morgan fingerprint density at radius 3 is 2.18 bits per heavy atom. The van der Waals surface area contributed by atoms with Gasteiger partial charge in [-0.15, -0.1) is 0 Å². The maximum absolute atomic E-state index is 13.5. The number of anilines is 1. The van der Waals surface area contributed by atoms with E-state index in [1.807, 2.05) is 31.2 Å². The van der Waals surface area contributed by atoms with Gasteiger partial charge in [-0.1, -0.05) is 31.2 Å². The van der Waals surface area contributed by atoms with Crippen LogP contribution in [0.15, 0.2) is 48.5 Å². The molecule has 0 spiro atoms. The number of benzene rings is 2. The molecule has 2 aromatic rings. The van der Waals surface area contributed by atoms with Crippen molar-refractivity contribution in [3.05, 3.63) is 65.5 Å². The van der Waals surface area contributed by atoms with Crippen LogP contribution in [0.2, 0.25) is 0 Å². The highest BCUT2D eigenvalue weighted by molar-refractivity contribution is 7.90. The number of rotatable bonds is 10. The van der Waals surface area contributed by atoms with E-state index in [1.54, 1.807) is 6.92 Å². The minimum Gasteiger partial charge on any atom is -0.357 e. The van der Waals surface area contributed by atoms with Crippen LogP contribution in [0.4, 0.5) is 10.1 Å². The maximum Gasteiger partial charge on any atom is 0.304 e. The number of nitrogens with zero attached hydrogens (tertiary/aromatic N) is 3. The van der Waals surface area contributed by atoms with Crippen molar-refractivity contribution in [2.45, 2.75) is 32.9 Å². The van der Waals surface area contributed by atoms with E-state index in [9.17, 15) is 22.4 Å². The van der Waals surface area contributed by atoms with Crippen molar-refractivity contribution in [3.8, 4) is 0 Å². The van der Waals surface area contributed by atoms with Crippen LogP contribution in [0.3, 0.4) is 0 Å². The molecule has 0 aromatic heterocycles. The Kier molecular flexibility index (Phi) is 8.95. The summed E-state index contributed by atoms with van der Waals surface area (Å²) in [6.45, 7) is 3.27. The summed E-state index contributed by atoms with van der Waals surface area (Å²) in [6, 6.07) is 11.5. The van der Waals surface area contributed by atoms with Gasteiger partial charge >= 0.3 is 10.2 Å². The van der Waals surface area contributed by atoms with Crippen molar-refractivity contribution in [2.24, 2.45) is 0 Å². The van der Waals surface area contributed by atoms with Gasteiger partial charge in [-0.3, -0.25) is 9.59 Å². The van der Waals surface area contributed by atoms with Crippen molar-refractivity contribution < 1.29 is 22.4 Å². The molecule has 0 unspecified atom stereocenters. The molecule has 0 aliphatic heterocycles. The standard InChI is InChI=1S/C23H31FN4O4S/c1-6-21(23(30)25-3)27(15-18-10-8-7-9-17(18)2)22(29)16-28(33(31,32)26(4)5)20-13-11-19(24)12-14-20/h7-14,21H,6,15-16H2,1-5H3,(H,25,30)/t21-/m1/s1. The van der Waals surface area contributed by atoms with Gasteiger partial charge in [0.15, 0.2) is 0 Å². The van der Waals surface area contributed by atoms with Gasteiger partial charge in [0, 0.05) is 27.7 Å². The van der Waals surface area contributed by atoms with Gasteiger partial charge in [-0.25, -0.2) is 8.70 Å². The van der Waals surface area contributed by atoms with Crippen LogP contribution < -0.4 is 9.62 Å². The molecule has 0 saturated heterocycles. The summed E-state index contributed by atoms with van der Waals surface area (Å²) in [5.74, 6) is -1.43. The van der Waals surface area contributed by atoms with Gasteiger partial charge in [0.2, 0.25) is 11.8 Å². The van der Waals surface area contributed by atoms with E-state index < -0.39 is 34.5 Å². The number of carbonyl (C=O) groups is 2. The maximum atomic E-state index is 13.5. The summed E-state index contributed by atoms with van der Waals surface area (Å²) >= 11 is 0. The van der Waals surface area contributed by atoms with Gasteiger partial charge in [0.25, 0.3) is 0 Å². The van der Waals surface area contributed by atoms with E-state index in [0.717, 1.165) is 31.9 Å². The molecule has 1 atom stereocenters. The number of aryl methyl sites for hydroxylation is 1. The summed E-state index contributed by atoms with van der Waals surface area (Å²) in [4.78, 5) is 27.5. The summed E-state index contributed by atoms with van der Waals surface area (Å²) in [5.41, 5.74) is 1.93. The minimum absolute atomic E-state index is 0.136. The normalized spacial score (nSPS) is 12.3. The Bertz CT molecular complexity index is 1070. The van der Waals surface area contributed by atoms with Crippen LogP contribution in [0.25, 0.3) is 0 Å². The third-order valence-electron chi connectivity index (χ3n) is 5.37. The van der Waals surface area contributed by atoms with Gasteiger partial charge < -0.3 is 10.2 Å². The highest BCUT2D eigenvalue weighted by atomic mass is 32.2. The Morgan fingerprint density at radius 2 is 1.67 bits per heavy atom. The lowest BCUT2D eigenvalue weighted by Gasteiger charge is -2.34. The fraction of sp³-hybridized carbons (Fsp3) is 0.391. The second-order valence-electron chi connectivity index (χ2n) is 7.76. The van der Waals surface area contributed by atoms with Crippen molar-refractivity contribution in [3.63, 3.8) is 0 Å². The second kappa shape index (κ2) is 11.2. The molecule has 180 valence electrons. The number of hydrogen-bond acceptors (Lipinski definition) is 4. The Hall–Kier alpha value is -2.98. The largest absolute Gasteiger partial charge is 0.357 e. The van der Waals surface area contributed by atoms with E-state index in [2.05, 4.69) is 5.32 Å². The quantitative estimate of drug-likeness (QED) is 0.568. The van der Waals surface area contributed by atoms with E-state index in [4.69, 9.17) is 0 Å². The molecule has 0 heterocycles. The zero-order valence-electron chi connectivity index (χ0n) is 19.6. The van der Waals surface area contributed by atoms with Crippen LogP contribution in [0.1, 0.15) is 24.5 Å². The summed E-state index contributed by atoms with van der Waals surface area (Å²) in [5, 5.41) is 2.58. The van der Waals surface area contributed by atoms with E-state index in [1.165, 1.54) is 38.2 Å². The average Bonchev–Trinajstić information content (AvgIpc) is 2.78. The number of hydrogen-bond donors (Lipinski definition) is 1. The molecular weight excluding hydrogens is 447 g/mol. The van der Waals surface area contributed by atoms with E-state index in [-0.39, 0.29) is 18.1 Å². The number of amides is 2. The van der Waals surface area contributed by atoms with Crippen LogP contribution in [0, 0.1) is 12.7 Å². The molecule has 1 N–H and O–H groups in total. The lowest BCUT2D eigenvalue weighted by Crippen LogP contribution is -2.53. The highest BCUT2D eigenvalue weighted by Gasteiger charge is 2.33. The van der Waals surface area contributed by atoms with Crippen LogP contribution in [0.5, 0.6) is 0 Å². The predicted molar refractivity (Wildman–Crippen MR) is 126 cm³/mol. The Labute approximate surface area is 195 Å². The first-order chi connectivity index (χ1) is 15.5. The second-order valence-corrected chi connectivity index (χ2v) is 9.83. The highest BCUT2D eigenvalue weighted by Crippen LogP contribution is 2.22. The molecule has 0 aliphatic carbocycles. The molecule has 8 nitrogen and oxygen atoms in total. The fourth-order valence-electron chi connectivity index (χ4n) is 3.38. The van der Waals surface area contributed by atoms with Crippen molar-refractivity contribution in [1.29, 1.82) is 0 Å². The number of carbonyl (C=O) groups excluding carboxylic acids is 2. The molecule has 2 aromatic carbocycles. The Balaban J connectivity index is 2.50. The average molecular weight is 479 g/mol. The monoisotopic (exact) mass is 478 g/mol. The fourth-order valence-corrected chi connectivity index (χ4v) is 4.44. The smallest absolute Gasteiger partial charge is 0.304 e. The first-order valence-electron chi connectivity index (χ1n) is 10.5. The van der Waals surface area contributed by atoms with Crippen LogP contribution in [-0.2, 0) is 26.3 Å². The molecule has 33 heavy (non-hydrogen) atoms. The molecule has 10 heteroatoms. The zero-order chi connectivity index (χ0) is 24.8. The van der Waals surface area contributed by atoms with Crippen LogP contribution >= 0.6 is 0 Å². The zero-order valence-corrected chi connectivity index (χ0v) is 20.4. The molecule has 0 aliphatic rings. The number of nitrogens with one attached hydrogen (secondary N) is 1. The van der Waals surface area contributed by atoms with Gasteiger partial charge in [-0.2, -0.15) is 12.7 Å². The lowest BCUT2D eigenvalue weighted by atomic mass is 10.1. The molecule has 0 saturated carbocycles. The summed E-state index contributed by atoms with van der Waals surface area (Å²) < 4.78 is 41.4. The molecule has 0 radical (unpaired) electrons. The molecule has 0 fully saturated rings. The molecule has 2 amide bonds. The molecular formula is C23H31FN4O4S. The molecule has 2 rings (SSSR count).